The van der Waals surface area contributed by atoms with E-state index in [-0.39, 0.29) is 0 Å². The average molecular weight is 326 g/mol. The number of allylic oxidation sites excluding steroid dienone is 2. The van der Waals surface area contributed by atoms with E-state index in [4.69, 9.17) is 10.8 Å². The number of hydrogen-bond acceptors (Lipinski definition) is 3. The molecule has 0 unspecified atom stereocenters. The Kier molecular flexibility index (Phi) is 7.07. The molecular weight excluding hydrogens is 296 g/mol. The highest BCUT2D eigenvalue weighted by atomic mass is 15.2. The topological polar surface area (TPSA) is 63.0 Å². The lowest BCUT2D eigenvalue weighted by Crippen LogP contribution is -2.37. The van der Waals surface area contributed by atoms with E-state index in [9.17, 15) is 0 Å². The molecule has 130 valence electrons. The van der Waals surface area contributed by atoms with Gasteiger partial charge in [-0.05, 0) is 43.8 Å². The fourth-order valence-electron chi connectivity index (χ4n) is 3.40. The van der Waals surface area contributed by atoms with Crippen LogP contribution in [0, 0.1) is 16.7 Å². The van der Waals surface area contributed by atoms with Crippen LogP contribution in [0.5, 0.6) is 0 Å². The number of nitrogens with zero attached hydrogens (tertiary/aromatic N) is 1. The predicted octanol–water partition coefficient (Wildman–Crippen LogP) is 4.03. The molecular formula is C20H30N4. The summed E-state index contributed by atoms with van der Waals surface area (Å²) in [6.45, 7) is 9.34. The van der Waals surface area contributed by atoms with Crippen molar-refractivity contribution in [1.82, 2.24) is 10.2 Å². The smallest absolute Gasteiger partial charge is 0.120 e. The predicted molar refractivity (Wildman–Crippen MR) is 102 cm³/mol. The van der Waals surface area contributed by atoms with Crippen molar-refractivity contribution in [2.75, 3.05) is 13.1 Å². The Bertz CT molecular complexity index is 540. The average Bonchev–Trinajstić information content (AvgIpc) is 2.64. The third-order valence-corrected chi connectivity index (χ3v) is 5.02. The lowest BCUT2D eigenvalue weighted by atomic mass is 9.95. The van der Waals surface area contributed by atoms with E-state index in [1.807, 2.05) is 6.08 Å². The summed E-state index contributed by atoms with van der Waals surface area (Å²) >= 11 is 0. The highest BCUT2D eigenvalue weighted by Crippen LogP contribution is 2.19. The number of hydrogen-bond donors (Lipinski definition) is 3. The molecule has 0 aromatic rings. The summed E-state index contributed by atoms with van der Waals surface area (Å²) in [7, 11) is 0. The van der Waals surface area contributed by atoms with E-state index in [0.717, 1.165) is 38.8 Å². The lowest BCUT2D eigenvalue weighted by Gasteiger charge is -2.31. The standard InChI is InChI=1S/C20H30N4/c1-3-16-12-14-24(15-13-16)20(22)11-10-18(21)19(4-2)23-17-8-6-5-7-9-17/h3,10-11,16-17,21-23H,1-2,5-9,12-15H2/b11-10-,21-18?,22-20?. The Morgan fingerprint density at radius 3 is 2.29 bits per heavy atom. The maximum Gasteiger partial charge on any atom is 0.120 e. The molecule has 4 heteroatoms. The van der Waals surface area contributed by atoms with Crippen LogP contribution in [-0.2, 0) is 0 Å². The lowest BCUT2D eigenvalue weighted by molar-refractivity contribution is 0.299. The zero-order chi connectivity index (χ0) is 17.4. The fraction of sp³-hybridized carbons (Fsp3) is 0.550. The molecule has 0 atom stereocenters. The van der Waals surface area contributed by atoms with Crippen LogP contribution >= 0.6 is 0 Å². The molecule has 0 spiro atoms. The van der Waals surface area contributed by atoms with Gasteiger partial charge in [-0.15, -0.1) is 12.3 Å². The first-order chi connectivity index (χ1) is 11.6. The molecule has 0 aromatic carbocycles. The van der Waals surface area contributed by atoms with Crippen molar-refractivity contribution < 1.29 is 0 Å². The summed E-state index contributed by atoms with van der Waals surface area (Å²) in [6, 6.07) is 0.425. The maximum absolute atomic E-state index is 8.22. The third kappa shape index (κ3) is 5.24. The van der Waals surface area contributed by atoms with Crippen molar-refractivity contribution in [2.24, 2.45) is 5.92 Å². The van der Waals surface area contributed by atoms with Gasteiger partial charge in [0.1, 0.15) is 11.5 Å². The van der Waals surface area contributed by atoms with Gasteiger partial charge in [-0.2, -0.15) is 0 Å². The van der Waals surface area contributed by atoms with Gasteiger partial charge in [-0.3, -0.25) is 10.8 Å². The first-order valence-corrected chi connectivity index (χ1v) is 9.03. The van der Waals surface area contributed by atoms with Crippen molar-refractivity contribution in [2.45, 2.75) is 51.0 Å². The maximum atomic E-state index is 8.22. The van der Waals surface area contributed by atoms with E-state index in [1.54, 1.807) is 12.2 Å². The molecule has 0 bridgehead atoms. The number of amidine groups is 1. The zero-order valence-corrected chi connectivity index (χ0v) is 14.6. The molecule has 0 radical (unpaired) electrons. The molecule has 1 saturated heterocycles. The summed E-state index contributed by atoms with van der Waals surface area (Å²) in [6.07, 6.45) is 13.6. The molecule has 24 heavy (non-hydrogen) atoms. The monoisotopic (exact) mass is 326 g/mol. The third-order valence-electron chi connectivity index (χ3n) is 5.02. The van der Waals surface area contributed by atoms with E-state index >= 15 is 0 Å². The summed E-state index contributed by atoms with van der Waals surface area (Å²) in [5.74, 6) is 1.05. The first kappa shape index (κ1) is 18.3. The van der Waals surface area contributed by atoms with Crippen LogP contribution in [0.2, 0.25) is 0 Å². The Morgan fingerprint density at radius 1 is 1.04 bits per heavy atom. The Labute approximate surface area is 146 Å². The van der Waals surface area contributed by atoms with Gasteiger partial charge in [0.25, 0.3) is 0 Å². The van der Waals surface area contributed by atoms with Crippen molar-refractivity contribution in [3.63, 3.8) is 0 Å². The first-order valence-electron chi connectivity index (χ1n) is 9.03. The Hall–Kier alpha value is -2.06. The number of piperidine rings is 1. The SMILES string of the molecule is C=C=C(NC1CCCCC1)C(=N)/C=C\C(=N)N1CCC(C=C)CC1. The van der Waals surface area contributed by atoms with Crippen LogP contribution in [0.4, 0.5) is 0 Å². The van der Waals surface area contributed by atoms with Crippen molar-refractivity contribution in [3.05, 3.63) is 42.8 Å². The van der Waals surface area contributed by atoms with Gasteiger partial charge in [-0.1, -0.05) is 31.9 Å². The molecule has 1 aliphatic heterocycles. The van der Waals surface area contributed by atoms with Gasteiger partial charge in [0.05, 0.1) is 5.71 Å². The summed E-state index contributed by atoms with van der Waals surface area (Å²) in [5, 5.41) is 19.8. The molecule has 1 saturated carbocycles. The molecule has 2 aliphatic rings. The van der Waals surface area contributed by atoms with Gasteiger partial charge >= 0.3 is 0 Å². The largest absolute Gasteiger partial charge is 0.374 e. The number of rotatable bonds is 6. The van der Waals surface area contributed by atoms with Gasteiger partial charge in [0.2, 0.25) is 0 Å². The molecule has 3 N–H and O–H groups in total. The highest BCUT2D eigenvalue weighted by molar-refractivity contribution is 6.08. The van der Waals surface area contributed by atoms with Crippen molar-refractivity contribution in [3.8, 4) is 0 Å². The van der Waals surface area contributed by atoms with E-state index < -0.39 is 0 Å². The number of nitrogens with one attached hydrogen (secondary N) is 3. The normalized spacial score (nSPS) is 19.8. The molecule has 2 rings (SSSR count). The minimum atomic E-state index is 0.348. The molecule has 0 amide bonds. The fourth-order valence-corrected chi connectivity index (χ4v) is 3.40. The molecule has 1 heterocycles. The van der Waals surface area contributed by atoms with Crippen LogP contribution in [0.1, 0.15) is 44.9 Å². The van der Waals surface area contributed by atoms with Gasteiger partial charge in [0, 0.05) is 19.1 Å². The molecule has 0 aromatic heterocycles. The highest BCUT2D eigenvalue weighted by Gasteiger charge is 2.18. The van der Waals surface area contributed by atoms with Crippen molar-refractivity contribution in [1.29, 1.82) is 10.8 Å². The second kappa shape index (κ2) is 9.29. The van der Waals surface area contributed by atoms with E-state index in [0.29, 0.717) is 29.2 Å². The van der Waals surface area contributed by atoms with Gasteiger partial charge in [-0.25, -0.2) is 0 Å². The zero-order valence-electron chi connectivity index (χ0n) is 14.6. The van der Waals surface area contributed by atoms with Crippen LogP contribution in [-0.4, -0.2) is 35.6 Å². The number of likely N-dealkylation sites (tertiary alicyclic amines) is 1. The molecule has 1 aliphatic carbocycles. The minimum absolute atomic E-state index is 0.348. The molecule has 4 nitrogen and oxygen atoms in total. The van der Waals surface area contributed by atoms with Crippen LogP contribution in [0.25, 0.3) is 0 Å². The Balaban J connectivity index is 1.85. The molecule has 2 fully saturated rings. The Morgan fingerprint density at radius 2 is 1.71 bits per heavy atom. The van der Waals surface area contributed by atoms with Crippen LogP contribution in [0.3, 0.4) is 0 Å². The summed E-state index contributed by atoms with van der Waals surface area (Å²) < 4.78 is 0. The van der Waals surface area contributed by atoms with Gasteiger partial charge < -0.3 is 10.2 Å². The van der Waals surface area contributed by atoms with Crippen molar-refractivity contribution >= 4 is 11.5 Å². The summed E-state index contributed by atoms with van der Waals surface area (Å²) in [4.78, 5) is 2.07. The second-order valence-corrected chi connectivity index (χ2v) is 6.72. The van der Waals surface area contributed by atoms with Crippen LogP contribution < -0.4 is 5.32 Å². The van der Waals surface area contributed by atoms with Gasteiger partial charge in [0.15, 0.2) is 0 Å². The van der Waals surface area contributed by atoms with E-state index in [2.05, 4.69) is 29.1 Å². The van der Waals surface area contributed by atoms with Crippen LogP contribution in [0.15, 0.2) is 42.8 Å². The quantitative estimate of drug-likeness (QED) is 0.299. The summed E-state index contributed by atoms with van der Waals surface area (Å²) in [5.41, 5.74) is 3.85. The minimum Gasteiger partial charge on any atom is -0.374 e. The second-order valence-electron chi connectivity index (χ2n) is 6.72. The van der Waals surface area contributed by atoms with E-state index in [1.165, 1.54) is 19.3 Å².